The molecule has 0 bridgehead atoms. The number of nitrogens with two attached hydrogens (primary N) is 1. The highest BCUT2D eigenvalue weighted by atomic mass is 16.5. The molecule has 1 amide bonds. The van der Waals surface area contributed by atoms with Crippen molar-refractivity contribution in [2.45, 2.75) is 64.5 Å². The number of carbonyl (C=O) groups excluding carboxylic acids is 2. The van der Waals surface area contributed by atoms with Crippen molar-refractivity contribution in [1.82, 2.24) is 15.4 Å². The van der Waals surface area contributed by atoms with Gasteiger partial charge in [0.25, 0.3) is 0 Å². The topological polar surface area (TPSA) is 136 Å². The van der Waals surface area contributed by atoms with Crippen LogP contribution >= 0.6 is 0 Å². The van der Waals surface area contributed by atoms with E-state index in [9.17, 15) is 9.59 Å². The Bertz CT molecular complexity index is 828. The zero-order valence-corrected chi connectivity index (χ0v) is 16.4. The van der Waals surface area contributed by atoms with Crippen molar-refractivity contribution >= 4 is 17.7 Å². The first-order valence-corrected chi connectivity index (χ1v) is 9.55. The van der Waals surface area contributed by atoms with E-state index in [-0.39, 0.29) is 36.2 Å². The third-order valence-electron chi connectivity index (χ3n) is 4.97. The molecule has 0 radical (unpaired) electrons. The molecule has 1 aliphatic carbocycles. The Morgan fingerprint density at radius 1 is 1.39 bits per heavy atom. The molecule has 1 aliphatic rings. The van der Waals surface area contributed by atoms with E-state index in [1.807, 2.05) is 19.9 Å². The molecule has 0 saturated heterocycles. The third kappa shape index (κ3) is 4.98. The number of nitrogens with one attached hydrogen (secondary N) is 2. The summed E-state index contributed by atoms with van der Waals surface area (Å²) in [6.45, 7) is 5.59. The van der Waals surface area contributed by atoms with Gasteiger partial charge in [-0.2, -0.15) is 5.10 Å². The Kier molecular flexibility index (Phi) is 6.13. The van der Waals surface area contributed by atoms with Gasteiger partial charge in [-0.15, -0.1) is 0 Å². The number of H-pyrrole nitrogens is 1. The number of aromatic amines is 1. The van der Waals surface area contributed by atoms with Crippen molar-refractivity contribution in [2.75, 3.05) is 5.32 Å². The van der Waals surface area contributed by atoms with Crippen LogP contribution in [0.3, 0.4) is 0 Å². The fourth-order valence-electron chi connectivity index (χ4n) is 3.30. The quantitative estimate of drug-likeness (QED) is 0.616. The molecule has 3 rings (SSSR count). The number of rotatable bonds is 7. The van der Waals surface area contributed by atoms with Gasteiger partial charge in [0, 0.05) is 23.7 Å². The van der Waals surface area contributed by atoms with Gasteiger partial charge in [-0.1, -0.05) is 19.0 Å². The molecule has 0 unspecified atom stereocenters. The molecular formula is C19H27N5O4. The van der Waals surface area contributed by atoms with Gasteiger partial charge >= 0.3 is 5.97 Å². The van der Waals surface area contributed by atoms with Crippen LogP contribution in [0.25, 0.3) is 0 Å². The maximum atomic E-state index is 12.1. The van der Waals surface area contributed by atoms with Gasteiger partial charge in [-0.05, 0) is 32.1 Å². The highest BCUT2D eigenvalue weighted by molar-refractivity contribution is 5.91. The highest BCUT2D eigenvalue weighted by Gasteiger charge is 2.31. The minimum absolute atomic E-state index is 0.0457. The van der Waals surface area contributed by atoms with Crippen molar-refractivity contribution in [3.8, 4) is 0 Å². The van der Waals surface area contributed by atoms with Gasteiger partial charge in [0.1, 0.15) is 17.9 Å². The van der Waals surface area contributed by atoms with Crippen LogP contribution in [0.15, 0.2) is 16.7 Å². The second kappa shape index (κ2) is 8.55. The number of esters is 1. The third-order valence-corrected chi connectivity index (χ3v) is 4.97. The number of hydrogen-bond donors (Lipinski definition) is 3. The van der Waals surface area contributed by atoms with Crippen LogP contribution in [-0.4, -0.2) is 39.4 Å². The molecule has 152 valence electrons. The lowest BCUT2D eigenvalue weighted by Crippen LogP contribution is -2.38. The fourth-order valence-corrected chi connectivity index (χ4v) is 3.30. The number of aromatic nitrogens is 3. The largest absolute Gasteiger partial charge is 0.461 e. The Hall–Kier alpha value is -2.68. The molecule has 1 fully saturated rings. The van der Waals surface area contributed by atoms with Gasteiger partial charge in [0.05, 0.1) is 12.1 Å². The van der Waals surface area contributed by atoms with Crippen molar-refractivity contribution in [3.63, 3.8) is 0 Å². The number of hydrogen-bond acceptors (Lipinski definition) is 7. The number of carbonyl (C=O) groups is 2. The molecule has 0 aromatic carbocycles. The summed E-state index contributed by atoms with van der Waals surface area (Å²) in [5.74, 6) is 0.632. The average Bonchev–Trinajstić information content (AvgIpc) is 3.36. The summed E-state index contributed by atoms with van der Waals surface area (Å²) in [5.41, 5.74) is 7.50. The monoisotopic (exact) mass is 389 g/mol. The van der Waals surface area contributed by atoms with Crippen LogP contribution in [0, 0.1) is 12.8 Å². The first-order valence-electron chi connectivity index (χ1n) is 9.55. The SMILES string of the molecule is Cc1cc(CC(=O)Nc2cc([C@@H]3CC[C@H](OC(=O)[C@H](N)C(C)C)C3)[nH]n2)on1. The van der Waals surface area contributed by atoms with Crippen LogP contribution in [0.5, 0.6) is 0 Å². The van der Waals surface area contributed by atoms with Gasteiger partial charge in [0.15, 0.2) is 5.82 Å². The molecule has 1 saturated carbocycles. The van der Waals surface area contributed by atoms with Gasteiger partial charge in [-0.3, -0.25) is 14.7 Å². The molecule has 3 atom stereocenters. The Labute approximate surface area is 163 Å². The lowest BCUT2D eigenvalue weighted by atomic mass is 10.0. The van der Waals surface area contributed by atoms with E-state index in [2.05, 4.69) is 20.7 Å². The second-order valence-corrected chi connectivity index (χ2v) is 7.71. The molecule has 9 heteroatoms. The normalized spacial score (nSPS) is 20.3. The van der Waals surface area contributed by atoms with E-state index in [0.29, 0.717) is 18.0 Å². The van der Waals surface area contributed by atoms with E-state index in [0.717, 1.165) is 24.2 Å². The molecule has 0 spiro atoms. The number of nitrogens with zero attached hydrogens (tertiary/aromatic N) is 2. The van der Waals surface area contributed by atoms with Crippen LogP contribution in [-0.2, 0) is 20.7 Å². The van der Waals surface area contributed by atoms with E-state index in [1.165, 1.54) is 0 Å². The highest BCUT2D eigenvalue weighted by Crippen LogP contribution is 2.36. The average molecular weight is 389 g/mol. The van der Waals surface area contributed by atoms with Crippen LogP contribution in [0.1, 0.15) is 56.2 Å². The van der Waals surface area contributed by atoms with E-state index >= 15 is 0 Å². The lowest BCUT2D eigenvalue weighted by Gasteiger charge is -2.18. The summed E-state index contributed by atoms with van der Waals surface area (Å²) >= 11 is 0. The van der Waals surface area contributed by atoms with Gasteiger partial charge in [-0.25, -0.2) is 0 Å². The predicted molar refractivity (Wildman–Crippen MR) is 101 cm³/mol. The number of amides is 1. The maximum absolute atomic E-state index is 12.1. The molecule has 4 N–H and O–H groups in total. The molecule has 9 nitrogen and oxygen atoms in total. The number of aryl methyl sites for hydroxylation is 1. The summed E-state index contributed by atoms with van der Waals surface area (Å²) in [5, 5.41) is 13.6. The molecule has 2 heterocycles. The van der Waals surface area contributed by atoms with Crippen molar-refractivity contribution in [1.29, 1.82) is 0 Å². The minimum Gasteiger partial charge on any atom is -0.461 e. The summed E-state index contributed by atoms with van der Waals surface area (Å²) in [6, 6.07) is 2.94. The molecule has 28 heavy (non-hydrogen) atoms. The first kappa shape index (κ1) is 20.1. The second-order valence-electron chi connectivity index (χ2n) is 7.71. The number of ether oxygens (including phenoxy) is 1. The van der Waals surface area contributed by atoms with Crippen LogP contribution in [0.4, 0.5) is 5.82 Å². The summed E-state index contributed by atoms with van der Waals surface area (Å²) in [7, 11) is 0. The van der Waals surface area contributed by atoms with E-state index in [4.69, 9.17) is 15.0 Å². The minimum atomic E-state index is -0.596. The van der Waals surface area contributed by atoms with Gasteiger partial charge < -0.3 is 20.3 Å². The summed E-state index contributed by atoms with van der Waals surface area (Å²) in [4.78, 5) is 24.1. The fraction of sp³-hybridized carbons (Fsp3) is 0.579. The Morgan fingerprint density at radius 2 is 2.18 bits per heavy atom. The van der Waals surface area contributed by atoms with E-state index < -0.39 is 6.04 Å². The Morgan fingerprint density at radius 3 is 2.86 bits per heavy atom. The van der Waals surface area contributed by atoms with Crippen LogP contribution < -0.4 is 11.1 Å². The maximum Gasteiger partial charge on any atom is 0.323 e. The van der Waals surface area contributed by atoms with E-state index in [1.54, 1.807) is 13.0 Å². The zero-order valence-electron chi connectivity index (χ0n) is 16.4. The van der Waals surface area contributed by atoms with Crippen molar-refractivity contribution in [3.05, 3.63) is 29.3 Å². The molecule has 2 aromatic heterocycles. The Balaban J connectivity index is 1.50. The van der Waals surface area contributed by atoms with Gasteiger partial charge in [0.2, 0.25) is 5.91 Å². The summed E-state index contributed by atoms with van der Waals surface area (Å²) in [6.07, 6.45) is 2.33. The van der Waals surface area contributed by atoms with Crippen molar-refractivity contribution in [2.24, 2.45) is 11.7 Å². The molecule has 0 aliphatic heterocycles. The first-order chi connectivity index (χ1) is 13.3. The lowest BCUT2D eigenvalue weighted by molar-refractivity contribution is -0.151. The molecular weight excluding hydrogens is 362 g/mol. The predicted octanol–water partition coefficient (Wildman–Crippen LogP) is 2.05. The summed E-state index contributed by atoms with van der Waals surface area (Å²) < 4.78 is 10.6. The smallest absolute Gasteiger partial charge is 0.323 e. The zero-order chi connectivity index (χ0) is 20.3. The number of anilines is 1. The van der Waals surface area contributed by atoms with Crippen LogP contribution in [0.2, 0.25) is 0 Å². The standard InChI is InChI=1S/C19H27N5O4/c1-10(2)18(20)19(26)27-13-5-4-12(7-13)15-9-16(23-22-15)21-17(25)8-14-6-11(3)24-28-14/h6,9-10,12-13,18H,4-5,7-8,20H2,1-3H3,(H2,21,22,23,25)/t12-,13+,18-/m1/s1. The van der Waals surface area contributed by atoms with Crippen molar-refractivity contribution < 1.29 is 18.8 Å². The molecule has 2 aromatic rings.